The molecule has 0 spiro atoms. The lowest BCUT2D eigenvalue weighted by atomic mass is 10.1. The molecule has 2 heterocycles. The van der Waals surface area contributed by atoms with Crippen molar-refractivity contribution in [1.29, 1.82) is 0 Å². The second kappa shape index (κ2) is 7.61. The summed E-state index contributed by atoms with van der Waals surface area (Å²) in [5, 5.41) is 3.95. The number of nitrogens with zero attached hydrogens (tertiary/aromatic N) is 2. The molecule has 0 radical (unpaired) electrons. The number of esters is 1. The Balaban J connectivity index is 1.74. The predicted molar refractivity (Wildman–Crippen MR) is 97.3 cm³/mol. The number of halogens is 1. The molecule has 1 aromatic heterocycles. The third-order valence-corrected chi connectivity index (χ3v) is 4.27. The molecule has 1 aromatic carbocycles. The zero-order valence-corrected chi connectivity index (χ0v) is 15.1. The molecule has 8 heteroatoms. The highest BCUT2D eigenvalue weighted by atomic mass is 35.5. The molecular formula is C18H18ClN3O4. The Morgan fingerprint density at radius 3 is 2.73 bits per heavy atom. The normalized spacial score (nSPS) is 16.0. The van der Waals surface area contributed by atoms with E-state index in [1.807, 2.05) is 6.92 Å². The molecule has 1 unspecified atom stereocenters. The van der Waals surface area contributed by atoms with Crippen LogP contribution in [0.15, 0.2) is 35.5 Å². The van der Waals surface area contributed by atoms with E-state index in [-0.39, 0.29) is 29.1 Å². The van der Waals surface area contributed by atoms with Crippen LogP contribution in [0.2, 0.25) is 5.02 Å². The minimum absolute atomic E-state index is 0.0386. The summed E-state index contributed by atoms with van der Waals surface area (Å²) in [6, 6.07) is 8.76. The fourth-order valence-electron chi connectivity index (χ4n) is 2.46. The van der Waals surface area contributed by atoms with Gasteiger partial charge in [0.1, 0.15) is 12.4 Å². The average molecular weight is 376 g/mol. The van der Waals surface area contributed by atoms with E-state index >= 15 is 0 Å². The molecule has 0 fully saturated rings. The number of oxime groups is 1. The number of methoxy groups -OCH3 is 1. The molecule has 0 saturated heterocycles. The van der Waals surface area contributed by atoms with E-state index in [0.29, 0.717) is 12.1 Å². The van der Waals surface area contributed by atoms with Crippen molar-refractivity contribution in [2.24, 2.45) is 5.16 Å². The minimum Gasteiger partial charge on any atom is -0.497 e. The average Bonchev–Trinajstić information content (AvgIpc) is 3.08. The van der Waals surface area contributed by atoms with Gasteiger partial charge in [0, 0.05) is 6.42 Å². The Morgan fingerprint density at radius 2 is 2.12 bits per heavy atom. The molecule has 2 aromatic rings. The van der Waals surface area contributed by atoms with Gasteiger partial charge in [0.2, 0.25) is 0 Å². The summed E-state index contributed by atoms with van der Waals surface area (Å²) in [5.74, 6) is 0.0642. The smallest absolute Gasteiger partial charge is 0.358 e. The standard InChI is InChI=1S/C18H18ClN3O4/c1-10-7-15(26-22-10)14-8-13(20)16(19)17(21-14)18(23)25-9-11-3-5-12(24-2)6-4-11/h3-6,8,15H,7,9H2,1-2H3,(H2,20,21). The topological polar surface area (TPSA) is 96.0 Å². The first-order chi connectivity index (χ1) is 12.5. The summed E-state index contributed by atoms with van der Waals surface area (Å²) < 4.78 is 10.4. The van der Waals surface area contributed by atoms with Crippen LogP contribution in [0, 0.1) is 0 Å². The van der Waals surface area contributed by atoms with Crippen LogP contribution in [0.4, 0.5) is 5.69 Å². The number of anilines is 1. The van der Waals surface area contributed by atoms with Crippen molar-refractivity contribution in [3.05, 3.63) is 52.3 Å². The molecule has 0 saturated carbocycles. The van der Waals surface area contributed by atoms with Crippen LogP contribution < -0.4 is 10.5 Å². The lowest BCUT2D eigenvalue weighted by Crippen LogP contribution is -2.13. The van der Waals surface area contributed by atoms with Crippen LogP contribution in [0.5, 0.6) is 5.75 Å². The zero-order valence-electron chi connectivity index (χ0n) is 14.4. The number of nitrogens with two attached hydrogens (primary N) is 1. The Bertz CT molecular complexity index is 852. The monoisotopic (exact) mass is 375 g/mol. The van der Waals surface area contributed by atoms with Gasteiger partial charge in [0.25, 0.3) is 0 Å². The molecule has 1 atom stereocenters. The molecule has 0 bridgehead atoms. The van der Waals surface area contributed by atoms with Crippen molar-refractivity contribution in [1.82, 2.24) is 4.98 Å². The first kappa shape index (κ1) is 18.0. The number of nitrogen functional groups attached to an aromatic ring is 1. The number of hydrogen-bond acceptors (Lipinski definition) is 7. The molecule has 2 N–H and O–H groups in total. The molecule has 0 amide bonds. The molecular weight excluding hydrogens is 358 g/mol. The van der Waals surface area contributed by atoms with Crippen LogP contribution in [-0.2, 0) is 16.2 Å². The first-order valence-corrected chi connectivity index (χ1v) is 8.31. The molecule has 136 valence electrons. The number of aromatic nitrogens is 1. The lowest BCUT2D eigenvalue weighted by Gasteiger charge is -2.12. The van der Waals surface area contributed by atoms with E-state index in [1.165, 1.54) is 0 Å². The number of ether oxygens (including phenoxy) is 2. The number of rotatable bonds is 5. The molecule has 7 nitrogen and oxygen atoms in total. The van der Waals surface area contributed by atoms with E-state index in [9.17, 15) is 4.79 Å². The first-order valence-electron chi connectivity index (χ1n) is 7.93. The summed E-state index contributed by atoms with van der Waals surface area (Å²) in [4.78, 5) is 22.0. The van der Waals surface area contributed by atoms with Gasteiger partial charge in [0.15, 0.2) is 11.8 Å². The van der Waals surface area contributed by atoms with Gasteiger partial charge in [-0.25, -0.2) is 9.78 Å². The second-order valence-electron chi connectivity index (χ2n) is 5.85. The van der Waals surface area contributed by atoms with Crippen LogP contribution in [-0.4, -0.2) is 23.8 Å². The van der Waals surface area contributed by atoms with Crippen LogP contribution in [0.25, 0.3) is 0 Å². The maximum atomic E-state index is 12.4. The highest BCUT2D eigenvalue weighted by Gasteiger charge is 2.26. The van der Waals surface area contributed by atoms with Crippen LogP contribution in [0.1, 0.15) is 41.2 Å². The molecule has 1 aliphatic rings. The summed E-state index contributed by atoms with van der Waals surface area (Å²) in [7, 11) is 1.58. The molecule has 3 rings (SSSR count). The Hall–Kier alpha value is -2.80. The van der Waals surface area contributed by atoms with Crippen molar-refractivity contribution < 1.29 is 19.1 Å². The largest absolute Gasteiger partial charge is 0.497 e. The number of carbonyl (C=O) groups excluding carboxylic acids is 1. The molecule has 0 aliphatic carbocycles. The van der Waals surface area contributed by atoms with Crippen molar-refractivity contribution >= 4 is 29.0 Å². The van der Waals surface area contributed by atoms with Crippen molar-refractivity contribution in [3.8, 4) is 5.75 Å². The quantitative estimate of drug-likeness (QED) is 0.803. The second-order valence-corrected chi connectivity index (χ2v) is 6.23. The van der Waals surface area contributed by atoms with Crippen LogP contribution >= 0.6 is 11.6 Å². The van der Waals surface area contributed by atoms with E-state index < -0.39 is 5.97 Å². The van der Waals surface area contributed by atoms with Crippen LogP contribution in [0.3, 0.4) is 0 Å². The van der Waals surface area contributed by atoms with Gasteiger partial charge in [0.05, 0.1) is 29.2 Å². The van der Waals surface area contributed by atoms with Crippen molar-refractivity contribution in [2.45, 2.75) is 26.1 Å². The number of hydrogen-bond donors (Lipinski definition) is 1. The minimum atomic E-state index is -0.657. The Labute approximate surface area is 155 Å². The summed E-state index contributed by atoms with van der Waals surface area (Å²) in [6.45, 7) is 1.93. The summed E-state index contributed by atoms with van der Waals surface area (Å²) >= 11 is 6.14. The fraction of sp³-hybridized carbons (Fsp3) is 0.278. The zero-order chi connectivity index (χ0) is 18.7. The van der Waals surface area contributed by atoms with Gasteiger partial charge in [-0.1, -0.05) is 28.9 Å². The van der Waals surface area contributed by atoms with Crippen molar-refractivity contribution in [2.75, 3.05) is 12.8 Å². The maximum Gasteiger partial charge on any atom is 0.358 e. The summed E-state index contributed by atoms with van der Waals surface area (Å²) in [6.07, 6.45) is 0.191. The van der Waals surface area contributed by atoms with Gasteiger partial charge in [-0.15, -0.1) is 0 Å². The van der Waals surface area contributed by atoms with E-state index in [1.54, 1.807) is 37.4 Å². The molecule has 1 aliphatic heterocycles. The number of carbonyl (C=O) groups is 1. The van der Waals surface area contributed by atoms with Gasteiger partial charge in [-0.05, 0) is 30.7 Å². The van der Waals surface area contributed by atoms with Crippen molar-refractivity contribution in [3.63, 3.8) is 0 Å². The number of pyridine rings is 1. The van der Waals surface area contributed by atoms with Gasteiger partial charge in [-0.3, -0.25) is 0 Å². The predicted octanol–water partition coefficient (Wildman–Crippen LogP) is 3.52. The fourth-order valence-corrected chi connectivity index (χ4v) is 2.64. The third-order valence-electron chi connectivity index (χ3n) is 3.87. The third kappa shape index (κ3) is 3.88. The lowest BCUT2D eigenvalue weighted by molar-refractivity contribution is 0.0462. The Kier molecular flexibility index (Phi) is 5.27. The van der Waals surface area contributed by atoms with E-state index in [2.05, 4.69) is 10.1 Å². The molecule has 26 heavy (non-hydrogen) atoms. The van der Waals surface area contributed by atoms with Gasteiger partial charge < -0.3 is 20.0 Å². The van der Waals surface area contributed by atoms with E-state index in [4.69, 9.17) is 31.6 Å². The van der Waals surface area contributed by atoms with Gasteiger partial charge >= 0.3 is 5.97 Å². The van der Waals surface area contributed by atoms with Gasteiger partial charge in [-0.2, -0.15) is 0 Å². The maximum absolute atomic E-state index is 12.4. The highest BCUT2D eigenvalue weighted by Crippen LogP contribution is 2.31. The Morgan fingerprint density at radius 1 is 1.38 bits per heavy atom. The summed E-state index contributed by atoms with van der Waals surface area (Å²) in [5.41, 5.74) is 8.25. The number of benzene rings is 1. The van der Waals surface area contributed by atoms with E-state index in [0.717, 1.165) is 17.0 Å². The highest BCUT2D eigenvalue weighted by molar-refractivity contribution is 6.35. The SMILES string of the molecule is COc1ccc(COC(=O)c2nc(C3CC(C)=NO3)cc(N)c2Cl)cc1.